The van der Waals surface area contributed by atoms with Crippen LogP contribution in [-0.2, 0) is 14.3 Å². The van der Waals surface area contributed by atoms with Crippen LogP contribution in [0.3, 0.4) is 0 Å². The number of carbonyl (C=O) groups excluding carboxylic acids is 1. The summed E-state index contributed by atoms with van der Waals surface area (Å²) in [6.07, 6.45) is 6.13. The van der Waals surface area contributed by atoms with E-state index in [-0.39, 0.29) is 43.3 Å². The van der Waals surface area contributed by atoms with E-state index < -0.39 is 41.6 Å². The summed E-state index contributed by atoms with van der Waals surface area (Å²) in [5.41, 5.74) is -1.83. The monoisotopic (exact) mass is 510 g/mol. The van der Waals surface area contributed by atoms with Gasteiger partial charge in [-0.25, -0.2) is 0 Å². The Hall–Kier alpha value is -1.55. The van der Waals surface area contributed by atoms with E-state index in [1.165, 1.54) is 13.0 Å². The fraction of sp³-hybridized carbons (Fsp3) is 0.750. The van der Waals surface area contributed by atoms with Crippen LogP contribution in [-0.4, -0.2) is 79.3 Å². The van der Waals surface area contributed by atoms with Crippen LogP contribution in [0.15, 0.2) is 36.0 Å². The molecular weight excluding hydrogens is 464 g/mol. The standard InChI is InChI=1S/C28H46O8/c1-7-21(30)19(4)26-22(35-26)16-27(5,33)13-8-9-17(2)25-18(3)10-11-23(31)28(6,34)14-12-20(29)15-24(32)36-25/h8-11,13,18-23,25-26,29-31,33-34H,7,12,14-16H2,1-6H3/b11-10+,13-8+,17-9+/t18-,19+,20+,21-,22+,23-,25+,26+,27-,28+/m0/s1. The van der Waals surface area contributed by atoms with Crippen LogP contribution in [0.4, 0.5) is 0 Å². The quantitative estimate of drug-likeness (QED) is 0.145. The third kappa shape index (κ3) is 9.08. The van der Waals surface area contributed by atoms with Crippen molar-refractivity contribution in [3.05, 3.63) is 36.0 Å². The van der Waals surface area contributed by atoms with Crippen molar-refractivity contribution >= 4 is 5.97 Å². The highest BCUT2D eigenvalue weighted by Gasteiger charge is 2.47. The summed E-state index contributed by atoms with van der Waals surface area (Å²) in [7, 11) is 0. The van der Waals surface area contributed by atoms with E-state index in [2.05, 4.69) is 0 Å². The second kappa shape index (κ2) is 12.8. The van der Waals surface area contributed by atoms with Gasteiger partial charge in [0, 0.05) is 18.3 Å². The molecule has 0 radical (unpaired) electrons. The predicted molar refractivity (Wildman–Crippen MR) is 137 cm³/mol. The van der Waals surface area contributed by atoms with Crippen LogP contribution in [0.1, 0.15) is 73.6 Å². The molecule has 2 rings (SSSR count). The highest BCUT2D eigenvalue weighted by molar-refractivity contribution is 5.70. The van der Waals surface area contributed by atoms with Gasteiger partial charge in [-0.3, -0.25) is 4.79 Å². The number of aliphatic hydroxyl groups excluding tert-OH is 3. The van der Waals surface area contributed by atoms with Gasteiger partial charge in [-0.15, -0.1) is 0 Å². The molecule has 8 nitrogen and oxygen atoms in total. The first-order valence-corrected chi connectivity index (χ1v) is 13.0. The molecule has 1 fully saturated rings. The average molecular weight is 511 g/mol. The number of ether oxygens (including phenoxy) is 2. The Morgan fingerprint density at radius 2 is 2.00 bits per heavy atom. The largest absolute Gasteiger partial charge is 0.457 e. The third-order valence-electron chi connectivity index (χ3n) is 7.40. The van der Waals surface area contributed by atoms with E-state index in [1.54, 1.807) is 31.2 Å². The average Bonchev–Trinajstić information content (AvgIpc) is 3.55. The first-order chi connectivity index (χ1) is 16.7. The highest BCUT2D eigenvalue weighted by atomic mass is 16.6. The minimum Gasteiger partial charge on any atom is -0.457 e. The molecule has 2 heterocycles. The van der Waals surface area contributed by atoms with Gasteiger partial charge in [0.05, 0.1) is 42.0 Å². The first kappa shape index (κ1) is 30.7. The number of epoxide rings is 1. The number of carbonyl (C=O) groups is 1. The van der Waals surface area contributed by atoms with Crippen molar-refractivity contribution in [3.8, 4) is 0 Å². The highest BCUT2D eigenvalue weighted by Crippen LogP contribution is 2.37. The van der Waals surface area contributed by atoms with Gasteiger partial charge < -0.3 is 35.0 Å². The lowest BCUT2D eigenvalue weighted by Gasteiger charge is -2.30. The second-order valence-corrected chi connectivity index (χ2v) is 11.2. The molecule has 0 aromatic carbocycles. The van der Waals surface area contributed by atoms with Gasteiger partial charge in [-0.05, 0) is 45.6 Å². The molecule has 2 aliphatic heterocycles. The van der Waals surface area contributed by atoms with Crippen molar-refractivity contribution in [1.82, 2.24) is 0 Å². The van der Waals surface area contributed by atoms with Crippen LogP contribution >= 0.6 is 0 Å². The van der Waals surface area contributed by atoms with Crippen molar-refractivity contribution in [1.29, 1.82) is 0 Å². The van der Waals surface area contributed by atoms with E-state index in [1.807, 2.05) is 27.7 Å². The van der Waals surface area contributed by atoms with E-state index in [9.17, 15) is 30.3 Å². The van der Waals surface area contributed by atoms with Crippen LogP contribution in [0.2, 0.25) is 0 Å². The molecule has 0 unspecified atom stereocenters. The molecule has 2 aliphatic rings. The Kier molecular flexibility index (Phi) is 10.9. The van der Waals surface area contributed by atoms with Gasteiger partial charge in [0.15, 0.2) is 0 Å². The molecule has 10 atom stereocenters. The minimum atomic E-state index is -1.42. The Balaban J connectivity index is 2.10. The van der Waals surface area contributed by atoms with Crippen molar-refractivity contribution in [2.75, 3.05) is 0 Å². The number of esters is 1. The number of allylic oxidation sites excluding steroid dienone is 2. The molecule has 0 amide bonds. The van der Waals surface area contributed by atoms with Crippen LogP contribution in [0, 0.1) is 11.8 Å². The first-order valence-electron chi connectivity index (χ1n) is 13.0. The number of hydrogen-bond donors (Lipinski definition) is 5. The summed E-state index contributed by atoms with van der Waals surface area (Å²) in [6.45, 7) is 10.7. The summed E-state index contributed by atoms with van der Waals surface area (Å²) < 4.78 is 11.4. The van der Waals surface area contributed by atoms with Crippen molar-refractivity contribution < 1.29 is 39.8 Å². The number of cyclic esters (lactones) is 1. The molecule has 0 aromatic rings. The van der Waals surface area contributed by atoms with Gasteiger partial charge in [0.1, 0.15) is 12.2 Å². The fourth-order valence-electron chi connectivity index (χ4n) is 4.65. The molecule has 0 aliphatic carbocycles. The van der Waals surface area contributed by atoms with Crippen LogP contribution < -0.4 is 0 Å². The van der Waals surface area contributed by atoms with E-state index in [0.717, 1.165) is 5.57 Å². The summed E-state index contributed by atoms with van der Waals surface area (Å²) in [5, 5.41) is 52.0. The van der Waals surface area contributed by atoms with E-state index >= 15 is 0 Å². The van der Waals surface area contributed by atoms with Gasteiger partial charge >= 0.3 is 5.97 Å². The summed E-state index contributed by atoms with van der Waals surface area (Å²) in [6, 6.07) is 0. The van der Waals surface area contributed by atoms with Crippen LogP contribution in [0.25, 0.3) is 0 Å². The zero-order chi connectivity index (χ0) is 27.3. The molecule has 5 N–H and O–H groups in total. The fourth-order valence-corrected chi connectivity index (χ4v) is 4.65. The summed E-state index contributed by atoms with van der Waals surface area (Å²) in [4.78, 5) is 12.5. The number of rotatable bonds is 8. The Morgan fingerprint density at radius 3 is 2.64 bits per heavy atom. The molecule has 206 valence electrons. The number of aliphatic hydroxyl groups is 5. The molecule has 36 heavy (non-hydrogen) atoms. The topological polar surface area (TPSA) is 140 Å². The van der Waals surface area contributed by atoms with Gasteiger partial charge in [0.25, 0.3) is 0 Å². The lowest BCUT2D eigenvalue weighted by atomic mass is 9.89. The maximum atomic E-state index is 12.5. The maximum Gasteiger partial charge on any atom is 0.309 e. The number of hydrogen-bond acceptors (Lipinski definition) is 8. The molecule has 8 heteroatoms. The Bertz CT molecular complexity index is 814. The van der Waals surface area contributed by atoms with Crippen molar-refractivity contribution in [2.45, 2.75) is 121 Å². The lowest BCUT2D eigenvalue weighted by molar-refractivity contribution is -0.151. The molecule has 0 saturated carbocycles. The Morgan fingerprint density at radius 1 is 1.33 bits per heavy atom. The zero-order valence-electron chi connectivity index (χ0n) is 22.5. The predicted octanol–water partition coefficient (Wildman–Crippen LogP) is 2.57. The third-order valence-corrected chi connectivity index (χ3v) is 7.40. The minimum absolute atomic E-state index is 0.00739. The maximum absolute atomic E-state index is 12.5. The van der Waals surface area contributed by atoms with Gasteiger partial charge in [-0.2, -0.15) is 0 Å². The zero-order valence-corrected chi connectivity index (χ0v) is 22.5. The second-order valence-electron chi connectivity index (χ2n) is 11.2. The van der Waals surface area contributed by atoms with Gasteiger partial charge in [-0.1, -0.05) is 51.2 Å². The molecule has 0 aromatic heterocycles. The van der Waals surface area contributed by atoms with Crippen molar-refractivity contribution in [2.24, 2.45) is 11.8 Å². The molecular formula is C28H46O8. The summed E-state index contributed by atoms with van der Waals surface area (Å²) in [5.74, 6) is -0.848. The smallest absolute Gasteiger partial charge is 0.309 e. The van der Waals surface area contributed by atoms with Gasteiger partial charge in [0.2, 0.25) is 0 Å². The van der Waals surface area contributed by atoms with Crippen molar-refractivity contribution in [3.63, 3.8) is 0 Å². The Labute approximate surface area is 215 Å². The molecule has 0 spiro atoms. The molecule has 0 bridgehead atoms. The van der Waals surface area contributed by atoms with Crippen LogP contribution in [0.5, 0.6) is 0 Å². The summed E-state index contributed by atoms with van der Waals surface area (Å²) >= 11 is 0. The normalized spacial score (nSPS) is 38.9. The van der Waals surface area contributed by atoms with E-state index in [4.69, 9.17) is 9.47 Å². The lowest BCUT2D eigenvalue weighted by Crippen LogP contribution is -2.39. The SMILES string of the molecule is CC[C@H](O)[C@@H](C)[C@H]1O[C@@H]1C[C@@](C)(O)/C=C/C=C(\C)[C@H]1OC(=O)C[C@H](O)CC[C@@](C)(O)[C@@H](O)/C=C/[C@@H]1C. The molecule has 1 saturated heterocycles. The van der Waals surface area contributed by atoms with E-state index in [0.29, 0.717) is 12.8 Å².